The van der Waals surface area contributed by atoms with Gasteiger partial charge in [0.05, 0.1) is 11.4 Å². The van der Waals surface area contributed by atoms with Gasteiger partial charge in [0.1, 0.15) is 9.71 Å². The Morgan fingerprint density at radius 1 is 1.31 bits per heavy atom. The van der Waals surface area contributed by atoms with Crippen LogP contribution >= 0.6 is 11.3 Å². The van der Waals surface area contributed by atoms with Crippen LogP contribution in [0.25, 0.3) is 15.9 Å². The summed E-state index contributed by atoms with van der Waals surface area (Å²) in [5.41, 5.74) is 1.77. The molecule has 2 aromatic heterocycles. The molecule has 0 bridgehead atoms. The molecular formula is C19H21N3O3S. The molecule has 1 unspecified atom stereocenters. The highest BCUT2D eigenvalue weighted by Crippen LogP contribution is 2.30. The summed E-state index contributed by atoms with van der Waals surface area (Å²) in [4.78, 5) is 25.4. The molecule has 0 aliphatic carbocycles. The Morgan fingerprint density at radius 3 is 2.73 bits per heavy atom. The van der Waals surface area contributed by atoms with Crippen LogP contribution in [-0.2, 0) is 9.53 Å². The van der Waals surface area contributed by atoms with E-state index in [0.29, 0.717) is 4.88 Å². The second-order valence-electron chi connectivity index (χ2n) is 6.12. The van der Waals surface area contributed by atoms with E-state index in [-0.39, 0.29) is 18.6 Å². The minimum absolute atomic E-state index is 0.0602. The summed E-state index contributed by atoms with van der Waals surface area (Å²) in [6, 6.07) is 11.6. The molecule has 1 aromatic carbocycles. The van der Waals surface area contributed by atoms with Crippen molar-refractivity contribution in [3.8, 4) is 5.69 Å². The van der Waals surface area contributed by atoms with E-state index in [9.17, 15) is 9.59 Å². The molecule has 0 aliphatic heterocycles. The second-order valence-corrected chi connectivity index (χ2v) is 7.15. The van der Waals surface area contributed by atoms with Crippen LogP contribution in [0.3, 0.4) is 0 Å². The molecule has 1 atom stereocenters. The van der Waals surface area contributed by atoms with Gasteiger partial charge in [-0.15, -0.1) is 11.3 Å². The van der Waals surface area contributed by atoms with Gasteiger partial charge in [0.2, 0.25) is 0 Å². The quantitative estimate of drug-likeness (QED) is 0.674. The van der Waals surface area contributed by atoms with Crippen LogP contribution in [0.5, 0.6) is 0 Å². The van der Waals surface area contributed by atoms with Crippen molar-refractivity contribution >= 4 is 33.4 Å². The van der Waals surface area contributed by atoms with Gasteiger partial charge in [-0.3, -0.25) is 4.79 Å². The summed E-state index contributed by atoms with van der Waals surface area (Å²) in [5.74, 6) is -0.787. The second kappa shape index (κ2) is 7.70. The number of hydrogen-bond acceptors (Lipinski definition) is 5. The van der Waals surface area contributed by atoms with Crippen LogP contribution in [-0.4, -0.2) is 34.3 Å². The predicted molar refractivity (Wildman–Crippen MR) is 102 cm³/mol. The third-order valence-electron chi connectivity index (χ3n) is 4.10. The Bertz CT molecular complexity index is 930. The number of ether oxygens (including phenoxy) is 1. The summed E-state index contributed by atoms with van der Waals surface area (Å²) in [6.45, 7) is 5.51. The molecule has 136 valence electrons. The SMILES string of the molecule is CCC(C)NC(=O)COC(=O)c1cc2c(C)nn(-c3ccccc3)c2s1. The topological polar surface area (TPSA) is 73.2 Å². The van der Waals surface area contributed by atoms with E-state index in [0.717, 1.165) is 28.0 Å². The Hall–Kier alpha value is -2.67. The first-order valence-corrected chi connectivity index (χ1v) is 9.32. The number of esters is 1. The number of carbonyl (C=O) groups excluding carboxylic acids is 2. The van der Waals surface area contributed by atoms with Gasteiger partial charge in [-0.2, -0.15) is 5.10 Å². The molecular weight excluding hydrogens is 350 g/mol. The zero-order chi connectivity index (χ0) is 18.7. The maximum absolute atomic E-state index is 12.3. The van der Waals surface area contributed by atoms with Crippen molar-refractivity contribution in [2.45, 2.75) is 33.2 Å². The lowest BCUT2D eigenvalue weighted by molar-refractivity contribution is -0.124. The van der Waals surface area contributed by atoms with E-state index in [1.54, 1.807) is 6.07 Å². The molecule has 7 heteroatoms. The Labute approximate surface area is 155 Å². The summed E-state index contributed by atoms with van der Waals surface area (Å²) in [5, 5.41) is 8.23. The number of para-hydroxylation sites is 1. The average molecular weight is 371 g/mol. The van der Waals surface area contributed by atoms with Crippen molar-refractivity contribution < 1.29 is 14.3 Å². The van der Waals surface area contributed by atoms with Gasteiger partial charge in [0.25, 0.3) is 5.91 Å². The lowest BCUT2D eigenvalue weighted by Gasteiger charge is -2.11. The number of nitrogens with one attached hydrogen (secondary N) is 1. The molecule has 3 rings (SSSR count). The summed E-state index contributed by atoms with van der Waals surface area (Å²) >= 11 is 1.31. The first-order chi connectivity index (χ1) is 12.5. The smallest absolute Gasteiger partial charge is 0.348 e. The summed E-state index contributed by atoms with van der Waals surface area (Å²) < 4.78 is 6.97. The van der Waals surface area contributed by atoms with E-state index in [4.69, 9.17) is 4.74 Å². The van der Waals surface area contributed by atoms with Crippen molar-refractivity contribution in [2.75, 3.05) is 6.61 Å². The Morgan fingerprint density at radius 2 is 2.04 bits per heavy atom. The first-order valence-electron chi connectivity index (χ1n) is 8.50. The van der Waals surface area contributed by atoms with E-state index in [2.05, 4.69) is 10.4 Å². The van der Waals surface area contributed by atoms with Crippen LogP contribution in [0.15, 0.2) is 36.4 Å². The number of hydrogen-bond donors (Lipinski definition) is 1. The van der Waals surface area contributed by atoms with Gasteiger partial charge in [0.15, 0.2) is 6.61 Å². The number of benzene rings is 1. The Balaban J connectivity index is 1.77. The number of nitrogens with zero attached hydrogens (tertiary/aromatic N) is 2. The summed E-state index contributed by atoms with van der Waals surface area (Å²) in [6.07, 6.45) is 0.825. The van der Waals surface area contributed by atoms with Crippen molar-refractivity contribution in [2.24, 2.45) is 0 Å². The van der Waals surface area contributed by atoms with Crippen LogP contribution in [0.2, 0.25) is 0 Å². The number of aromatic nitrogens is 2. The molecule has 0 radical (unpaired) electrons. The molecule has 0 saturated heterocycles. The van der Waals surface area contributed by atoms with Crippen molar-refractivity contribution in [1.29, 1.82) is 0 Å². The fraction of sp³-hybridized carbons (Fsp3) is 0.316. The van der Waals surface area contributed by atoms with Gasteiger partial charge in [-0.1, -0.05) is 25.1 Å². The largest absolute Gasteiger partial charge is 0.451 e. The van der Waals surface area contributed by atoms with Crippen molar-refractivity contribution in [3.63, 3.8) is 0 Å². The fourth-order valence-electron chi connectivity index (χ4n) is 2.51. The fourth-order valence-corrected chi connectivity index (χ4v) is 3.59. The molecule has 1 N–H and O–H groups in total. The molecule has 3 aromatic rings. The molecule has 2 heterocycles. The van der Waals surface area contributed by atoms with Gasteiger partial charge in [0, 0.05) is 11.4 Å². The lowest BCUT2D eigenvalue weighted by Crippen LogP contribution is -2.35. The maximum Gasteiger partial charge on any atom is 0.348 e. The molecule has 0 saturated carbocycles. The highest BCUT2D eigenvalue weighted by Gasteiger charge is 2.19. The van der Waals surface area contributed by atoms with Gasteiger partial charge in [-0.05, 0) is 38.5 Å². The highest BCUT2D eigenvalue weighted by atomic mass is 32.1. The number of carbonyl (C=O) groups is 2. The molecule has 0 fully saturated rings. The number of amides is 1. The van der Waals surface area contributed by atoms with E-state index < -0.39 is 5.97 Å². The Kier molecular flexibility index (Phi) is 5.37. The van der Waals surface area contributed by atoms with Crippen LogP contribution < -0.4 is 5.32 Å². The monoisotopic (exact) mass is 371 g/mol. The van der Waals surface area contributed by atoms with E-state index >= 15 is 0 Å². The average Bonchev–Trinajstić information content (AvgIpc) is 3.21. The zero-order valence-electron chi connectivity index (χ0n) is 15.0. The van der Waals surface area contributed by atoms with Gasteiger partial charge in [-0.25, -0.2) is 9.48 Å². The lowest BCUT2D eigenvalue weighted by atomic mass is 10.2. The first kappa shape index (κ1) is 18.1. The van der Waals surface area contributed by atoms with Crippen LogP contribution in [0, 0.1) is 6.92 Å². The zero-order valence-corrected chi connectivity index (χ0v) is 15.8. The van der Waals surface area contributed by atoms with Crippen LogP contribution in [0.1, 0.15) is 35.6 Å². The number of rotatable bonds is 6. The third-order valence-corrected chi connectivity index (χ3v) is 5.19. The number of thiophene rings is 1. The van der Waals surface area contributed by atoms with Crippen molar-refractivity contribution in [3.05, 3.63) is 47.0 Å². The predicted octanol–water partition coefficient (Wildman–Crippen LogP) is 3.47. The van der Waals surface area contributed by atoms with Crippen molar-refractivity contribution in [1.82, 2.24) is 15.1 Å². The molecule has 1 amide bonds. The number of fused-ring (bicyclic) bond motifs is 1. The minimum atomic E-state index is -0.496. The highest BCUT2D eigenvalue weighted by molar-refractivity contribution is 7.20. The van der Waals surface area contributed by atoms with E-state index in [1.807, 2.05) is 55.8 Å². The van der Waals surface area contributed by atoms with E-state index in [1.165, 1.54) is 11.3 Å². The molecule has 6 nitrogen and oxygen atoms in total. The standard InChI is InChI=1S/C19H21N3O3S/c1-4-12(2)20-17(23)11-25-19(24)16-10-15-13(3)21-22(18(15)26-16)14-8-6-5-7-9-14/h5-10,12H,4,11H2,1-3H3,(H,20,23). The maximum atomic E-state index is 12.3. The minimum Gasteiger partial charge on any atom is -0.451 e. The van der Waals surface area contributed by atoms with Gasteiger partial charge >= 0.3 is 5.97 Å². The molecule has 0 aliphatic rings. The molecule has 26 heavy (non-hydrogen) atoms. The molecule has 0 spiro atoms. The number of aryl methyl sites for hydroxylation is 1. The van der Waals surface area contributed by atoms with Gasteiger partial charge < -0.3 is 10.1 Å². The van der Waals surface area contributed by atoms with Crippen LogP contribution in [0.4, 0.5) is 0 Å². The normalized spacial score (nSPS) is 12.1. The summed E-state index contributed by atoms with van der Waals surface area (Å²) in [7, 11) is 0. The third kappa shape index (κ3) is 3.77.